The van der Waals surface area contributed by atoms with Gasteiger partial charge in [-0.3, -0.25) is 19.2 Å². The summed E-state index contributed by atoms with van der Waals surface area (Å²) in [7, 11) is 1.61. The number of para-hydroxylation sites is 1. The van der Waals surface area contributed by atoms with Gasteiger partial charge in [-0.25, -0.2) is 4.98 Å². The topological polar surface area (TPSA) is 75.5 Å². The third-order valence-corrected chi connectivity index (χ3v) is 7.26. The molecule has 10 heteroatoms. The Morgan fingerprint density at radius 3 is 2.55 bits per heavy atom. The van der Waals surface area contributed by atoms with Gasteiger partial charge in [0, 0.05) is 56.5 Å². The molecule has 200 valence electrons. The fourth-order valence-corrected chi connectivity index (χ4v) is 5.30. The van der Waals surface area contributed by atoms with Gasteiger partial charge in [0.25, 0.3) is 5.91 Å². The molecule has 1 N–H and O–H groups in total. The van der Waals surface area contributed by atoms with E-state index in [0.29, 0.717) is 12.3 Å². The van der Waals surface area contributed by atoms with Crippen molar-refractivity contribution >= 4 is 47.3 Å². The molecule has 6 rings (SSSR count). The minimum atomic E-state index is -0.194. The number of carbonyl (C=O) groups excluding carboxylic acids is 1. The Hall–Kier alpha value is -3.33. The number of halogens is 2. The molecular weight excluding hydrogens is 523 g/mol. The molecule has 0 saturated carbocycles. The lowest BCUT2D eigenvalue weighted by atomic mass is 10.1. The van der Waals surface area contributed by atoms with Crippen LogP contribution in [0, 0.1) is 6.92 Å². The first-order valence-electron chi connectivity index (χ1n) is 12.5. The molecule has 0 atom stereocenters. The molecule has 2 aliphatic heterocycles. The van der Waals surface area contributed by atoms with Gasteiger partial charge in [-0.15, -0.1) is 24.8 Å². The smallest absolute Gasteiger partial charge is 0.271 e. The number of imidazole rings is 1. The van der Waals surface area contributed by atoms with Crippen LogP contribution in [0.3, 0.4) is 0 Å². The van der Waals surface area contributed by atoms with Crippen LogP contribution in [0.2, 0.25) is 0 Å². The molecule has 0 bridgehead atoms. The maximum absolute atomic E-state index is 12.1. The lowest BCUT2D eigenvalue weighted by molar-refractivity contribution is 0.0955. The van der Waals surface area contributed by atoms with Crippen LogP contribution in [0.25, 0.3) is 16.6 Å². The van der Waals surface area contributed by atoms with Crippen molar-refractivity contribution in [1.82, 2.24) is 24.8 Å². The average Bonchev–Trinajstić information content (AvgIpc) is 3.36. The summed E-state index contributed by atoms with van der Waals surface area (Å²) in [4.78, 5) is 26.2. The van der Waals surface area contributed by atoms with Crippen LogP contribution in [0.4, 0.5) is 5.69 Å². The molecule has 2 aromatic carbocycles. The van der Waals surface area contributed by atoms with Crippen molar-refractivity contribution in [3.8, 4) is 11.4 Å². The van der Waals surface area contributed by atoms with E-state index >= 15 is 0 Å². The molecule has 2 aliphatic rings. The number of nitrogens with zero attached hydrogens (tertiary/aromatic N) is 5. The van der Waals surface area contributed by atoms with Crippen LogP contribution < -0.4 is 15.0 Å². The Kier molecular flexibility index (Phi) is 8.45. The Balaban J connectivity index is 0.00000168. The lowest BCUT2D eigenvalue weighted by Gasteiger charge is -2.36. The molecule has 4 aromatic rings. The standard InChI is InChI=1S/C28H30N6O2.2ClH/c1-19-9-10-21-22(31-19)6-4-7-23(21)33-15-13-32(14-16-33)12-11-20-5-3-8-24-27(20)36-17-25-26(28(35)29-2)30-18-34(24)25;;/h3-10,18H,11-17H2,1-2H3,(H,29,35);2*1H. The van der Waals surface area contributed by atoms with Gasteiger partial charge in [0.05, 0.1) is 16.9 Å². The maximum atomic E-state index is 12.1. The highest BCUT2D eigenvalue weighted by atomic mass is 35.5. The molecule has 1 fully saturated rings. The monoisotopic (exact) mass is 554 g/mol. The number of benzene rings is 2. The Bertz CT molecular complexity index is 1450. The average molecular weight is 556 g/mol. The van der Waals surface area contributed by atoms with Gasteiger partial charge in [-0.1, -0.05) is 18.2 Å². The van der Waals surface area contributed by atoms with Crippen molar-refractivity contribution < 1.29 is 9.53 Å². The molecule has 2 aromatic heterocycles. The SMILES string of the molecule is CNC(=O)c1ncn2c1COc1c(CCN3CCN(c4cccc5nc(C)ccc45)CC3)cccc1-2.Cl.Cl. The number of carbonyl (C=O) groups is 1. The number of anilines is 1. The third kappa shape index (κ3) is 5.04. The number of hydrogen-bond acceptors (Lipinski definition) is 6. The Labute approximate surface area is 234 Å². The van der Waals surface area contributed by atoms with E-state index in [1.165, 1.54) is 16.6 Å². The number of amides is 1. The number of aryl methyl sites for hydroxylation is 1. The number of nitrogens with one attached hydrogen (secondary N) is 1. The van der Waals surface area contributed by atoms with Crippen LogP contribution in [0.15, 0.2) is 54.9 Å². The van der Waals surface area contributed by atoms with Gasteiger partial charge >= 0.3 is 0 Å². The quantitative estimate of drug-likeness (QED) is 0.398. The van der Waals surface area contributed by atoms with Gasteiger partial charge in [0.1, 0.15) is 18.7 Å². The number of hydrogen-bond donors (Lipinski definition) is 1. The number of rotatable bonds is 5. The molecule has 0 unspecified atom stereocenters. The van der Waals surface area contributed by atoms with Crippen LogP contribution in [-0.4, -0.2) is 65.1 Å². The fourth-order valence-electron chi connectivity index (χ4n) is 5.30. The largest absolute Gasteiger partial charge is 0.485 e. The molecule has 1 amide bonds. The number of aromatic nitrogens is 3. The zero-order valence-electron chi connectivity index (χ0n) is 21.5. The summed E-state index contributed by atoms with van der Waals surface area (Å²) in [5.74, 6) is 0.698. The second kappa shape index (κ2) is 11.6. The highest BCUT2D eigenvalue weighted by molar-refractivity contribution is 5.93. The second-order valence-corrected chi connectivity index (χ2v) is 9.42. The molecule has 8 nitrogen and oxygen atoms in total. The predicted octanol–water partition coefficient (Wildman–Crippen LogP) is 4.19. The highest BCUT2D eigenvalue weighted by Crippen LogP contribution is 2.34. The van der Waals surface area contributed by atoms with Crippen molar-refractivity contribution in [2.45, 2.75) is 20.0 Å². The number of pyridine rings is 1. The lowest BCUT2D eigenvalue weighted by Crippen LogP contribution is -2.47. The molecule has 0 spiro atoms. The van der Waals surface area contributed by atoms with Gasteiger partial charge < -0.3 is 15.0 Å². The predicted molar refractivity (Wildman–Crippen MR) is 155 cm³/mol. The summed E-state index contributed by atoms with van der Waals surface area (Å²) in [5.41, 5.74) is 6.72. The second-order valence-electron chi connectivity index (χ2n) is 9.42. The van der Waals surface area contributed by atoms with Gasteiger partial charge in [0.15, 0.2) is 5.69 Å². The summed E-state index contributed by atoms with van der Waals surface area (Å²) in [5, 5.41) is 3.88. The van der Waals surface area contributed by atoms with Crippen LogP contribution in [0.5, 0.6) is 5.75 Å². The van der Waals surface area contributed by atoms with E-state index < -0.39 is 0 Å². The van der Waals surface area contributed by atoms with Crippen LogP contribution in [-0.2, 0) is 13.0 Å². The minimum absolute atomic E-state index is 0. The molecule has 38 heavy (non-hydrogen) atoms. The van der Waals surface area contributed by atoms with E-state index in [1.807, 2.05) is 17.6 Å². The van der Waals surface area contributed by atoms with Gasteiger partial charge in [-0.2, -0.15) is 0 Å². The maximum Gasteiger partial charge on any atom is 0.271 e. The first-order chi connectivity index (χ1) is 17.6. The van der Waals surface area contributed by atoms with Crippen molar-refractivity contribution in [3.05, 3.63) is 77.5 Å². The van der Waals surface area contributed by atoms with Crippen molar-refractivity contribution in [3.63, 3.8) is 0 Å². The Morgan fingerprint density at radius 2 is 1.76 bits per heavy atom. The number of fused-ring (bicyclic) bond motifs is 4. The van der Waals surface area contributed by atoms with E-state index in [0.717, 1.165) is 67.5 Å². The zero-order chi connectivity index (χ0) is 24.6. The highest BCUT2D eigenvalue weighted by Gasteiger charge is 2.26. The first kappa shape index (κ1) is 27.7. The van der Waals surface area contributed by atoms with Gasteiger partial charge in [-0.05, 0) is 49.2 Å². The first-order valence-corrected chi connectivity index (χ1v) is 12.5. The third-order valence-electron chi connectivity index (χ3n) is 7.26. The number of ether oxygens (including phenoxy) is 1. The van der Waals surface area contributed by atoms with Crippen LogP contribution >= 0.6 is 24.8 Å². The van der Waals surface area contributed by atoms with Crippen molar-refractivity contribution in [2.24, 2.45) is 0 Å². The van der Waals surface area contributed by atoms with E-state index in [2.05, 4.69) is 62.6 Å². The van der Waals surface area contributed by atoms with E-state index in [9.17, 15) is 4.79 Å². The molecule has 0 radical (unpaired) electrons. The van der Waals surface area contributed by atoms with Crippen LogP contribution in [0.1, 0.15) is 27.4 Å². The summed E-state index contributed by atoms with van der Waals surface area (Å²) in [6.07, 6.45) is 2.63. The molecule has 4 heterocycles. The normalized spacial score (nSPS) is 14.5. The van der Waals surface area contributed by atoms with Gasteiger partial charge in [0.2, 0.25) is 0 Å². The minimum Gasteiger partial charge on any atom is -0.485 e. The fraction of sp³-hybridized carbons (Fsp3) is 0.321. The summed E-state index contributed by atoms with van der Waals surface area (Å²) in [6.45, 7) is 7.39. The van der Waals surface area contributed by atoms with E-state index in [-0.39, 0.29) is 30.7 Å². The number of piperazine rings is 1. The summed E-state index contributed by atoms with van der Waals surface area (Å²) >= 11 is 0. The molecular formula is C28H32Cl2N6O2. The molecule has 1 saturated heterocycles. The van der Waals surface area contributed by atoms with Crippen molar-refractivity contribution in [2.75, 3.05) is 44.7 Å². The summed E-state index contributed by atoms with van der Waals surface area (Å²) < 4.78 is 8.14. The van der Waals surface area contributed by atoms with Crippen molar-refractivity contribution in [1.29, 1.82) is 0 Å². The van der Waals surface area contributed by atoms with E-state index in [1.54, 1.807) is 13.4 Å². The molecule has 0 aliphatic carbocycles. The summed E-state index contributed by atoms with van der Waals surface area (Å²) in [6, 6.07) is 16.9. The van der Waals surface area contributed by atoms with E-state index in [4.69, 9.17) is 9.72 Å². The zero-order valence-corrected chi connectivity index (χ0v) is 23.1. The Morgan fingerprint density at radius 1 is 1.00 bits per heavy atom.